The zero-order valence-corrected chi connectivity index (χ0v) is 19.7. The van der Waals surface area contributed by atoms with Gasteiger partial charge in [-0.25, -0.2) is 13.4 Å². The van der Waals surface area contributed by atoms with Gasteiger partial charge in [-0.05, 0) is 49.2 Å². The molecule has 1 fully saturated rings. The summed E-state index contributed by atoms with van der Waals surface area (Å²) in [6.45, 7) is 1.75. The first kappa shape index (κ1) is 22.2. The maximum atomic E-state index is 11.8. The van der Waals surface area contributed by atoms with Crippen molar-refractivity contribution < 1.29 is 8.42 Å². The van der Waals surface area contributed by atoms with E-state index in [2.05, 4.69) is 14.9 Å². The lowest BCUT2D eigenvalue weighted by atomic mass is 10.0. The maximum absolute atomic E-state index is 11.8. The summed E-state index contributed by atoms with van der Waals surface area (Å²) in [6, 6.07) is 14.4. The molecule has 174 valence electrons. The lowest BCUT2D eigenvalue weighted by Crippen LogP contribution is -2.42. The van der Waals surface area contributed by atoms with Crippen LogP contribution in [0.4, 0.5) is 11.4 Å². The van der Waals surface area contributed by atoms with E-state index >= 15 is 0 Å². The Kier molecular flexibility index (Phi) is 5.66. The Morgan fingerprint density at radius 1 is 1.03 bits per heavy atom. The highest BCUT2D eigenvalue weighted by Crippen LogP contribution is 2.32. The molecule has 9 heteroatoms. The van der Waals surface area contributed by atoms with Crippen LogP contribution in [0.25, 0.3) is 33.5 Å². The number of anilines is 2. The molecule has 0 radical (unpaired) electrons. The Morgan fingerprint density at radius 3 is 2.56 bits per heavy atom. The Morgan fingerprint density at radius 2 is 1.82 bits per heavy atom. The first-order valence-electron chi connectivity index (χ1n) is 11.1. The van der Waals surface area contributed by atoms with Crippen molar-refractivity contribution in [3.05, 3.63) is 60.9 Å². The van der Waals surface area contributed by atoms with Crippen LogP contribution in [0.5, 0.6) is 0 Å². The van der Waals surface area contributed by atoms with Gasteiger partial charge in [-0.2, -0.15) is 0 Å². The van der Waals surface area contributed by atoms with E-state index in [1.807, 2.05) is 18.2 Å². The quantitative estimate of drug-likeness (QED) is 0.461. The highest BCUT2D eigenvalue weighted by atomic mass is 32.2. The molecule has 0 spiro atoms. The molecule has 0 bridgehead atoms. The molecular formula is C25H26N6O2S. The number of sulfone groups is 1. The van der Waals surface area contributed by atoms with Crippen LogP contribution in [0.2, 0.25) is 0 Å². The number of aromatic nitrogens is 3. The van der Waals surface area contributed by atoms with Crippen LogP contribution in [0.15, 0.2) is 65.8 Å². The standard InChI is InChI=1S/C25H26N6O2S/c1-34(32,33)18-6-4-16(5-7-18)21-9-8-20(27)25(30-21)22-13-19-23(14-29-22)28-11-10-24(19)31-12-2-3-17(26)15-31/h4-11,13-14,17H,2-3,12,15,26-27H2,1H3/t17-/m0/s1. The smallest absolute Gasteiger partial charge is 0.175 e. The number of pyridine rings is 3. The predicted molar refractivity (Wildman–Crippen MR) is 135 cm³/mol. The second-order valence-corrected chi connectivity index (χ2v) is 10.7. The molecule has 1 aromatic carbocycles. The van der Waals surface area contributed by atoms with Crippen LogP contribution in [0, 0.1) is 0 Å². The summed E-state index contributed by atoms with van der Waals surface area (Å²) >= 11 is 0. The highest BCUT2D eigenvalue weighted by molar-refractivity contribution is 7.90. The van der Waals surface area contributed by atoms with Gasteiger partial charge in [0.25, 0.3) is 0 Å². The molecule has 34 heavy (non-hydrogen) atoms. The van der Waals surface area contributed by atoms with Crippen LogP contribution in [0.3, 0.4) is 0 Å². The van der Waals surface area contributed by atoms with Gasteiger partial charge in [-0.15, -0.1) is 0 Å². The van der Waals surface area contributed by atoms with E-state index in [0.717, 1.165) is 48.1 Å². The van der Waals surface area contributed by atoms with Crippen LogP contribution >= 0.6 is 0 Å². The maximum Gasteiger partial charge on any atom is 0.175 e. The summed E-state index contributed by atoms with van der Waals surface area (Å²) < 4.78 is 23.6. The molecule has 0 aliphatic carbocycles. The molecule has 3 aromatic heterocycles. The average molecular weight is 475 g/mol. The van der Waals surface area contributed by atoms with Gasteiger partial charge in [0.05, 0.1) is 33.7 Å². The molecule has 0 unspecified atom stereocenters. The molecule has 1 aliphatic heterocycles. The Balaban J connectivity index is 1.56. The van der Waals surface area contributed by atoms with Crippen molar-refractivity contribution in [2.45, 2.75) is 23.8 Å². The van der Waals surface area contributed by atoms with Crippen LogP contribution < -0.4 is 16.4 Å². The number of hydrogen-bond donors (Lipinski definition) is 2. The van der Waals surface area contributed by atoms with Crippen molar-refractivity contribution in [1.29, 1.82) is 0 Å². The van der Waals surface area contributed by atoms with Crippen molar-refractivity contribution in [2.75, 3.05) is 30.0 Å². The molecule has 1 aliphatic rings. The molecule has 5 rings (SSSR count). The van der Waals surface area contributed by atoms with E-state index in [1.165, 1.54) is 6.26 Å². The second kappa shape index (κ2) is 8.66. The van der Waals surface area contributed by atoms with Crippen LogP contribution in [-0.4, -0.2) is 48.8 Å². The zero-order valence-electron chi connectivity index (χ0n) is 18.8. The van der Waals surface area contributed by atoms with Gasteiger partial charge in [-0.3, -0.25) is 9.97 Å². The third kappa shape index (κ3) is 4.32. The Labute approximate surface area is 198 Å². The lowest BCUT2D eigenvalue weighted by Gasteiger charge is -2.33. The summed E-state index contributed by atoms with van der Waals surface area (Å²) in [5.41, 5.74) is 17.6. The fourth-order valence-corrected chi connectivity index (χ4v) is 5.01. The average Bonchev–Trinajstić information content (AvgIpc) is 2.83. The molecule has 4 aromatic rings. The number of fused-ring (bicyclic) bond motifs is 1. The van der Waals surface area contributed by atoms with E-state index in [-0.39, 0.29) is 10.9 Å². The zero-order chi connectivity index (χ0) is 23.9. The summed E-state index contributed by atoms with van der Waals surface area (Å²) in [7, 11) is -3.27. The molecule has 0 saturated carbocycles. The molecular weight excluding hydrogens is 448 g/mol. The Bertz CT molecular complexity index is 1470. The molecule has 4 heterocycles. The number of piperidine rings is 1. The van der Waals surface area contributed by atoms with Gasteiger partial charge in [0, 0.05) is 48.2 Å². The van der Waals surface area contributed by atoms with Gasteiger partial charge in [0.15, 0.2) is 9.84 Å². The first-order valence-corrected chi connectivity index (χ1v) is 13.0. The molecule has 4 N–H and O–H groups in total. The molecule has 1 saturated heterocycles. The number of nitrogens with zero attached hydrogens (tertiary/aromatic N) is 4. The highest BCUT2D eigenvalue weighted by Gasteiger charge is 2.20. The van der Waals surface area contributed by atoms with E-state index in [4.69, 9.17) is 16.5 Å². The normalized spacial score (nSPS) is 16.6. The lowest BCUT2D eigenvalue weighted by molar-refractivity contribution is 0.507. The molecule has 0 amide bonds. The second-order valence-electron chi connectivity index (χ2n) is 8.70. The number of nitrogens with two attached hydrogens (primary N) is 2. The minimum atomic E-state index is -3.27. The van der Waals surface area contributed by atoms with E-state index in [1.54, 1.807) is 42.7 Å². The van der Waals surface area contributed by atoms with Gasteiger partial charge in [-0.1, -0.05) is 12.1 Å². The summed E-state index contributed by atoms with van der Waals surface area (Å²) in [5.74, 6) is 0. The van der Waals surface area contributed by atoms with Crippen LogP contribution in [-0.2, 0) is 9.84 Å². The van der Waals surface area contributed by atoms with E-state index < -0.39 is 9.84 Å². The van der Waals surface area contributed by atoms with Crippen molar-refractivity contribution in [3.8, 4) is 22.6 Å². The topological polar surface area (TPSA) is 128 Å². The number of rotatable bonds is 4. The van der Waals surface area contributed by atoms with Gasteiger partial charge >= 0.3 is 0 Å². The van der Waals surface area contributed by atoms with E-state index in [0.29, 0.717) is 22.8 Å². The van der Waals surface area contributed by atoms with Crippen molar-refractivity contribution in [3.63, 3.8) is 0 Å². The third-order valence-electron chi connectivity index (χ3n) is 6.15. The fourth-order valence-electron chi connectivity index (χ4n) is 4.38. The van der Waals surface area contributed by atoms with Crippen molar-refractivity contribution in [1.82, 2.24) is 15.0 Å². The Hall–Kier alpha value is -3.56. The van der Waals surface area contributed by atoms with Gasteiger partial charge < -0.3 is 16.4 Å². The van der Waals surface area contributed by atoms with Crippen LogP contribution in [0.1, 0.15) is 12.8 Å². The third-order valence-corrected chi connectivity index (χ3v) is 7.28. The number of nitrogen functional groups attached to an aromatic ring is 1. The van der Waals surface area contributed by atoms with Gasteiger partial charge in [0.2, 0.25) is 0 Å². The summed E-state index contributed by atoms with van der Waals surface area (Å²) in [6.07, 6.45) is 6.81. The minimum absolute atomic E-state index is 0.154. The summed E-state index contributed by atoms with van der Waals surface area (Å²) in [5, 5.41) is 0.978. The number of benzene rings is 1. The van der Waals surface area contributed by atoms with E-state index in [9.17, 15) is 8.42 Å². The number of hydrogen-bond acceptors (Lipinski definition) is 8. The SMILES string of the molecule is CS(=O)(=O)c1ccc(-c2ccc(N)c(-c3cc4c(N5CCC[C@H](N)C5)ccnc4cn3)n2)cc1. The monoisotopic (exact) mass is 474 g/mol. The van der Waals surface area contributed by atoms with Crippen molar-refractivity contribution >= 4 is 32.1 Å². The van der Waals surface area contributed by atoms with Crippen molar-refractivity contribution in [2.24, 2.45) is 5.73 Å². The molecule has 1 atom stereocenters. The minimum Gasteiger partial charge on any atom is -0.397 e. The van der Waals surface area contributed by atoms with Gasteiger partial charge in [0.1, 0.15) is 5.69 Å². The fraction of sp³-hybridized carbons (Fsp3) is 0.240. The predicted octanol–water partition coefficient (Wildman–Crippen LogP) is 3.27. The summed E-state index contributed by atoms with van der Waals surface area (Å²) in [4.78, 5) is 16.4. The molecule has 8 nitrogen and oxygen atoms in total. The first-order chi connectivity index (χ1) is 16.3. The largest absolute Gasteiger partial charge is 0.397 e.